The quantitative estimate of drug-likeness (QED) is 0.281. The van der Waals surface area contributed by atoms with Crippen molar-refractivity contribution >= 4 is 20.3 Å². The van der Waals surface area contributed by atoms with E-state index in [1.165, 1.54) is 0 Å². The van der Waals surface area contributed by atoms with Gasteiger partial charge in [0.1, 0.15) is 11.5 Å². The zero-order valence-corrected chi connectivity index (χ0v) is 23.3. The monoisotopic (exact) mass is 514 g/mol. The molecule has 0 aliphatic rings. The summed E-state index contributed by atoms with van der Waals surface area (Å²) in [4.78, 5) is 25.5. The summed E-state index contributed by atoms with van der Waals surface area (Å²) in [5.41, 5.74) is -0.634. The van der Waals surface area contributed by atoms with Crippen LogP contribution < -0.4 is 9.47 Å². The molecule has 0 saturated heterocycles. The van der Waals surface area contributed by atoms with Gasteiger partial charge in [-0.3, -0.25) is 0 Å². The molecule has 0 aromatic heterocycles. The van der Waals surface area contributed by atoms with Gasteiger partial charge < -0.3 is 24.1 Å². The second kappa shape index (κ2) is 11.3. The molecule has 0 bridgehead atoms. The third-order valence-corrected chi connectivity index (χ3v) is 11.6. The Morgan fingerprint density at radius 2 is 1.33 bits per heavy atom. The molecule has 2 aromatic rings. The topological polar surface area (TPSA) is 102 Å². The molecule has 0 aliphatic heterocycles. The van der Waals surface area contributed by atoms with Gasteiger partial charge in [-0.2, -0.15) is 0 Å². The molecule has 2 rings (SSSR count). The minimum atomic E-state index is -2.71. The molecule has 7 nitrogen and oxygen atoms in total. The minimum absolute atomic E-state index is 0.0358. The normalized spacial score (nSPS) is 14.4. The van der Waals surface area contributed by atoms with Gasteiger partial charge in [-0.05, 0) is 59.9 Å². The lowest BCUT2D eigenvalue weighted by atomic mass is 9.75. The van der Waals surface area contributed by atoms with Crippen molar-refractivity contribution in [2.75, 3.05) is 14.2 Å². The number of rotatable bonds is 12. The van der Waals surface area contributed by atoms with E-state index in [1.54, 1.807) is 62.8 Å². The standard InChI is InChI=1S/C28H38O7Si/c1-19(25(29)30)24(17-20-9-13-22(33-5)14-10-20)28(26(31)32,35-36(7,8)27(2,3)4)18-21-11-15-23(34-6)16-12-21/h9-16,24H,1,17-18H2,2-8H3,(H,29,30)(H,31,32)/t24?,28-/m0/s1. The molecule has 36 heavy (non-hydrogen) atoms. The van der Waals surface area contributed by atoms with E-state index in [0.29, 0.717) is 17.1 Å². The average molecular weight is 515 g/mol. The van der Waals surface area contributed by atoms with Crippen molar-refractivity contribution < 1.29 is 33.7 Å². The summed E-state index contributed by atoms with van der Waals surface area (Å²) in [5, 5.41) is 20.5. The summed E-state index contributed by atoms with van der Waals surface area (Å²) in [5.74, 6) is -2.24. The van der Waals surface area contributed by atoms with Crippen LogP contribution in [0.1, 0.15) is 31.9 Å². The first-order valence-corrected chi connectivity index (χ1v) is 14.7. The van der Waals surface area contributed by atoms with E-state index >= 15 is 0 Å². The molecule has 0 radical (unpaired) electrons. The van der Waals surface area contributed by atoms with Crippen LogP contribution in [0.2, 0.25) is 18.1 Å². The number of carbonyl (C=O) groups is 2. The Kier molecular flexibility index (Phi) is 9.15. The molecular formula is C28H38O7Si. The van der Waals surface area contributed by atoms with Crippen LogP contribution in [0.5, 0.6) is 11.5 Å². The molecule has 0 saturated carbocycles. The fraction of sp³-hybridized carbons (Fsp3) is 0.429. The van der Waals surface area contributed by atoms with Crippen LogP contribution in [0.25, 0.3) is 0 Å². The summed E-state index contributed by atoms with van der Waals surface area (Å²) < 4.78 is 17.2. The molecule has 0 heterocycles. The average Bonchev–Trinajstić information content (AvgIpc) is 2.81. The fourth-order valence-electron chi connectivity index (χ4n) is 3.87. The number of carboxylic acid groups (broad SMARTS) is 2. The summed E-state index contributed by atoms with van der Waals surface area (Å²) >= 11 is 0. The third kappa shape index (κ3) is 6.56. The summed E-state index contributed by atoms with van der Waals surface area (Å²) in [7, 11) is 0.402. The van der Waals surface area contributed by atoms with Crippen LogP contribution in [0.3, 0.4) is 0 Å². The largest absolute Gasteiger partial charge is 0.497 e. The molecule has 0 fully saturated rings. The van der Waals surface area contributed by atoms with Gasteiger partial charge in [0.25, 0.3) is 0 Å². The van der Waals surface area contributed by atoms with E-state index in [-0.39, 0.29) is 23.5 Å². The summed E-state index contributed by atoms with van der Waals surface area (Å²) in [6, 6.07) is 14.2. The van der Waals surface area contributed by atoms with Gasteiger partial charge in [0.2, 0.25) is 0 Å². The van der Waals surface area contributed by atoms with E-state index in [0.717, 1.165) is 5.56 Å². The number of carboxylic acids is 2. The van der Waals surface area contributed by atoms with Crippen LogP contribution in [0, 0.1) is 5.92 Å². The Morgan fingerprint density at radius 1 is 0.889 bits per heavy atom. The molecule has 0 spiro atoms. The molecule has 2 atom stereocenters. The summed E-state index contributed by atoms with van der Waals surface area (Å²) in [6.45, 7) is 13.8. The van der Waals surface area contributed by atoms with Crippen molar-refractivity contribution in [3.63, 3.8) is 0 Å². The number of aliphatic carboxylic acids is 2. The van der Waals surface area contributed by atoms with E-state index in [9.17, 15) is 19.8 Å². The highest BCUT2D eigenvalue weighted by atomic mass is 28.4. The SMILES string of the molecule is C=C(C(=O)O)C(Cc1ccc(OC)cc1)[C@](Cc1ccc(OC)cc1)(O[Si](C)(C)C(C)(C)C)C(=O)O. The maximum Gasteiger partial charge on any atom is 0.335 e. The van der Waals surface area contributed by atoms with E-state index < -0.39 is 31.8 Å². The van der Waals surface area contributed by atoms with Crippen LogP contribution in [-0.4, -0.2) is 50.3 Å². The number of methoxy groups -OCH3 is 2. The zero-order chi connectivity index (χ0) is 27.3. The number of benzene rings is 2. The number of hydrogen-bond donors (Lipinski definition) is 2. The lowest BCUT2D eigenvalue weighted by Gasteiger charge is -2.47. The maximum absolute atomic E-state index is 13.2. The van der Waals surface area contributed by atoms with Crippen molar-refractivity contribution in [2.45, 2.75) is 57.3 Å². The predicted molar refractivity (Wildman–Crippen MR) is 142 cm³/mol. The number of hydrogen-bond acceptors (Lipinski definition) is 5. The smallest absolute Gasteiger partial charge is 0.335 e. The molecule has 196 valence electrons. The Bertz CT molecular complexity index is 1070. The van der Waals surface area contributed by atoms with Crippen molar-refractivity contribution in [1.29, 1.82) is 0 Å². The van der Waals surface area contributed by atoms with Gasteiger partial charge >= 0.3 is 11.9 Å². The molecule has 2 N–H and O–H groups in total. The first-order chi connectivity index (χ1) is 16.7. The highest BCUT2D eigenvalue weighted by molar-refractivity contribution is 6.74. The second-order valence-electron chi connectivity index (χ2n) is 10.5. The summed E-state index contributed by atoms with van der Waals surface area (Å²) in [6.07, 6.45) is 0.0815. The number of ether oxygens (including phenoxy) is 2. The second-order valence-corrected chi connectivity index (χ2v) is 15.2. The van der Waals surface area contributed by atoms with Crippen LogP contribution >= 0.6 is 0 Å². The first-order valence-electron chi connectivity index (χ1n) is 11.8. The minimum Gasteiger partial charge on any atom is -0.497 e. The fourth-order valence-corrected chi connectivity index (χ4v) is 5.39. The predicted octanol–water partition coefficient (Wildman–Crippen LogP) is 5.59. The Balaban J connectivity index is 2.73. The van der Waals surface area contributed by atoms with Crippen LogP contribution in [0.4, 0.5) is 0 Å². The molecular weight excluding hydrogens is 476 g/mol. The highest BCUT2D eigenvalue weighted by Gasteiger charge is 2.55. The molecule has 0 aliphatic carbocycles. The van der Waals surface area contributed by atoms with Gasteiger partial charge in [-0.1, -0.05) is 51.6 Å². The lowest BCUT2D eigenvalue weighted by molar-refractivity contribution is -0.161. The zero-order valence-electron chi connectivity index (χ0n) is 22.3. The van der Waals surface area contributed by atoms with Gasteiger partial charge in [0.05, 0.1) is 14.2 Å². The van der Waals surface area contributed by atoms with Crippen molar-refractivity contribution in [3.05, 3.63) is 71.8 Å². The van der Waals surface area contributed by atoms with Crippen molar-refractivity contribution in [2.24, 2.45) is 5.92 Å². The molecule has 0 amide bonds. The first kappa shape index (κ1) is 29.1. The Hall–Kier alpha value is -3.10. The Morgan fingerprint density at radius 3 is 1.69 bits per heavy atom. The third-order valence-electron chi connectivity index (χ3n) is 7.09. The molecule has 1 unspecified atom stereocenters. The van der Waals surface area contributed by atoms with Crippen LogP contribution in [-0.2, 0) is 26.9 Å². The van der Waals surface area contributed by atoms with Crippen molar-refractivity contribution in [3.8, 4) is 11.5 Å². The van der Waals surface area contributed by atoms with Gasteiger partial charge in [-0.25, -0.2) is 9.59 Å². The molecule has 8 heteroatoms. The van der Waals surface area contributed by atoms with Gasteiger partial charge in [0.15, 0.2) is 13.9 Å². The highest BCUT2D eigenvalue weighted by Crippen LogP contribution is 2.44. The van der Waals surface area contributed by atoms with E-state index in [4.69, 9.17) is 13.9 Å². The van der Waals surface area contributed by atoms with Crippen molar-refractivity contribution in [1.82, 2.24) is 0 Å². The lowest BCUT2D eigenvalue weighted by Crippen LogP contribution is -2.59. The van der Waals surface area contributed by atoms with E-state index in [1.807, 2.05) is 33.9 Å². The van der Waals surface area contributed by atoms with Gasteiger partial charge in [0, 0.05) is 17.9 Å². The van der Waals surface area contributed by atoms with Crippen LogP contribution in [0.15, 0.2) is 60.7 Å². The molecule has 2 aromatic carbocycles. The van der Waals surface area contributed by atoms with Gasteiger partial charge in [-0.15, -0.1) is 0 Å². The maximum atomic E-state index is 13.2. The van der Waals surface area contributed by atoms with E-state index in [2.05, 4.69) is 6.58 Å². The Labute approximate surface area is 214 Å².